The first-order valence-electron chi connectivity index (χ1n) is 13.2. The van der Waals surface area contributed by atoms with Crippen LogP contribution >= 0.6 is 0 Å². The number of rotatable bonds is 7. The summed E-state index contributed by atoms with van der Waals surface area (Å²) in [5.74, 6) is 0.214. The second-order valence-electron chi connectivity index (χ2n) is 10.6. The maximum Gasteiger partial charge on any atom is 0.226 e. The van der Waals surface area contributed by atoms with Crippen molar-refractivity contribution in [1.29, 1.82) is 5.26 Å². The van der Waals surface area contributed by atoms with E-state index in [9.17, 15) is 19.6 Å². The molecule has 0 saturated carbocycles. The molecule has 3 aliphatic heterocycles. The van der Waals surface area contributed by atoms with Crippen LogP contribution in [0.5, 0.6) is 11.5 Å². The van der Waals surface area contributed by atoms with E-state index in [1.54, 1.807) is 21.1 Å². The number of fused-ring (bicyclic) bond motifs is 6. The number of nitriles is 1. The van der Waals surface area contributed by atoms with Crippen molar-refractivity contribution in [2.24, 2.45) is 0 Å². The molecule has 1 fully saturated rings. The van der Waals surface area contributed by atoms with Gasteiger partial charge >= 0.3 is 0 Å². The molecule has 11 nitrogen and oxygen atoms in total. The van der Waals surface area contributed by atoms with E-state index in [0.29, 0.717) is 23.5 Å². The maximum absolute atomic E-state index is 13.7. The number of nitrogens with one attached hydrogen (secondary N) is 2. The molecule has 1 amide bonds. The lowest BCUT2D eigenvalue weighted by Gasteiger charge is -2.57. The third kappa shape index (κ3) is 4.18. The van der Waals surface area contributed by atoms with Crippen molar-refractivity contribution in [3.05, 3.63) is 45.2 Å². The van der Waals surface area contributed by atoms with E-state index < -0.39 is 18.1 Å². The molecular formula is C29H34N4O7. The number of aryl methyl sites for hydroxylation is 1. The zero-order valence-electron chi connectivity index (χ0n) is 23.5. The third-order valence-electron chi connectivity index (χ3n) is 8.40. The van der Waals surface area contributed by atoms with Crippen molar-refractivity contribution >= 4 is 17.5 Å². The summed E-state index contributed by atoms with van der Waals surface area (Å²) in [7, 11) is 4.49. The van der Waals surface area contributed by atoms with Gasteiger partial charge in [0.05, 0.1) is 32.4 Å². The smallest absolute Gasteiger partial charge is 0.226 e. The molecule has 1 aliphatic carbocycles. The van der Waals surface area contributed by atoms with E-state index in [-0.39, 0.29) is 66.2 Å². The van der Waals surface area contributed by atoms with Crippen LogP contribution in [0.1, 0.15) is 43.0 Å². The molecule has 3 heterocycles. The van der Waals surface area contributed by atoms with Gasteiger partial charge in [0.2, 0.25) is 11.7 Å². The number of hydrogen-bond acceptors (Lipinski definition) is 10. The van der Waals surface area contributed by atoms with E-state index >= 15 is 0 Å². The van der Waals surface area contributed by atoms with Gasteiger partial charge in [-0.25, -0.2) is 0 Å². The first-order chi connectivity index (χ1) is 19.2. The fraction of sp³-hybridized carbons (Fsp3) is 0.517. The summed E-state index contributed by atoms with van der Waals surface area (Å²) in [5, 5.41) is 16.9. The number of piperazine rings is 1. The summed E-state index contributed by atoms with van der Waals surface area (Å²) in [6.45, 7) is 5.00. The maximum atomic E-state index is 13.7. The topological polar surface area (TPSA) is 139 Å². The van der Waals surface area contributed by atoms with Gasteiger partial charge in [-0.2, -0.15) is 5.26 Å². The highest BCUT2D eigenvalue weighted by Crippen LogP contribution is 2.51. The average Bonchev–Trinajstić information content (AvgIpc) is 2.93. The lowest BCUT2D eigenvalue weighted by atomic mass is 9.70. The van der Waals surface area contributed by atoms with Crippen LogP contribution < -0.4 is 20.1 Å². The highest BCUT2D eigenvalue weighted by atomic mass is 16.7. The number of Topliss-reactive ketones (excluding diaryl/α,β-unsaturated/α-hetero) is 2. The highest BCUT2D eigenvalue weighted by Gasteiger charge is 2.56. The van der Waals surface area contributed by atoms with Gasteiger partial charge in [0, 0.05) is 54.9 Å². The zero-order chi connectivity index (χ0) is 28.9. The minimum atomic E-state index is -0.707. The van der Waals surface area contributed by atoms with Gasteiger partial charge in [-0.15, -0.1) is 0 Å². The van der Waals surface area contributed by atoms with Crippen molar-refractivity contribution < 1.29 is 33.3 Å². The average molecular weight is 551 g/mol. The molecule has 212 valence electrons. The Morgan fingerprint density at radius 1 is 1.15 bits per heavy atom. The van der Waals surface area contributed by atoms with E-state index in [2.05, 4.69) is 22.8 Å². The van der Waals surface area contributed by atoms with Gasteiger partial charge in [-0.05, 0) is 37.8 Å². The van der Waals surface area contributed by atoms with Crippen molar-refractivity contribution in [3.63, 3.8) is 0 Å². The number of allylic oxidation sites excluding steroid dienone is 2. The summed E-state index contributed by atoms with van der Waals surface area (Å²) in [6.07, 6.45) is 0.766. The Kier molecular flexibility index (Phi) is 7.44. The van der Waals surface area contributed by atoms with Crippen LogP contribution in [0.3, 0.4) is 0 Å². The standard InChI is InChI=1S/C29H34N4O7/c1-13-7-16-8-18-20(10-30)33-19(24(32-18)22(16)29(27(13)38-5)40-12-37-4)9-17-23(21(33)11-31-15(3)34)26(36)28(39-6)14(2)25(17)35/h7,18-21,24,32H,8-9,11-12H2,1-6H3,(H,31,34)/t18-,19?,20?,21+,24?/m1/s1. The molecule has 0 spiro atoms. The second kappa shape index (κ2) is 10.7. The van der Waals surface area contributed by atoms with Crippen molar-refractivity contribution in [2.75, 3.05) is 34.7 Å². The Labute approximate surface area is 233 Å². The fourth-order valence-corrected chi connectivity index (χ4v) is 6.87. The zero-order valence-corrected chi connectivity index (χ0v) is 23.5. The number of nitrogens with zero attached hydrogens (tertiary/aromatic N) is 2. The molecular weight excluding hydrogens is 516 g/mol. The first kappa shape index (κ1) is 27.8. The summed E-state index contributed by atoms with van der Waals surface area (Å²) >= 11 is 0. The molecule has 1 saturated heterocycles. The van der Waals surface area contributed by atoms with Crippen LogP contribution in [-0.2, 0) is 30.3 Å². The van der Waals surface area contributed by atoms with Crippen LogP contribution in [0.25, 0.3) is 0 Å². The van der Waals surface area contributed by atoms with Gasteiger partial charge in [0.15, 0.2) is 29.8 Å². The third-order valence-corrected chi connectivity index (χ3v) is 8.40. The van der Waals surface area contributed by atoms with E-state index in [1.807, 2.05) is 11.8 Å². The van der Waals surface area contributed by atoms with Gasteiger partial charge in [0.25, 0.3) is 0 Å². The number of carbonyl (C=O) groups excluding carboxylic acids is 3. The molecule has 40 heavy (non-hydrogen) atoms. The predicted octanol–water partition coefficient (Wildman–Crippen LogP) is 1.40. The quantitative estimate of drug-likeness (QED) is 0.378. The van der Waals surface area contributed by atoms with Crippen molar-refractivity contribution in [1.82, 2.24) is 15.5 Å². The van der Waals surface area contributed by atoms with Crippen molar-refractivity contribution in [3.8, 4) is 17.6 Å². The van der Waals surface area contributed by atoms with Crippen LogP contribution in [0.2, 0.25) is 0 Å². The molecule has 2 bridgehead atoms. The van der Waals surface area contributed by atoms with E-state index in [0.717, 1.165) is 16.7 Å². The molecule has 2 N–H and O–H groups in total. The monoisotopic (exact) mass is 550 g/mol. The Bertz CT molecular complexity index is 1390. The second-order valence-corrected chi connectivity index (χ2v) is 10.6. The Morgan fingerprint density at radius 2 is 1.90 bits per heavy atom. The molecule has 3 unspecified atom stereocenters. The molecule has 0 aromatic heterocycles. The number of carbonyl (C=O) groups is 3. The number of ketones is 2. The van der Waals surface area contributed by atoms with Gasteiger partial charge in [-0.3, -0.25) is 19.3 Å². The normalized spacial score (nSPS) is 27.4. The Morgan fingerprint density at radius 3 is 2.52 bits per heavy atom. The number of benzene rings is 1. The molecule has 0 radical (unpaired) electrons. The summed E-state index contributed by atoms with van der Waals surface area (Å²) < 4.78 is 22.4. The highest BCUT2D eigenvalue weighted by molar-refractivity contribution is 6.25. The lowest BCUT2D eigenvalue weighted by Crippen LogP contribution is -2.71. The number of amides is 1. The van der Waals surface area contributed by atoms with Crippen LogP contribution in [0.4, 0.5) is 0 Å². The number of hydrogen-bond donors (Lipinski definition) is 2. The number of ether oxygens (including phenoxy) is 4. The van der Waals surface area contributed by atoms with Gasteiger partial charge in [-0.1, -0.05) is 6.07 Å². The summed E-state index contributed by atoms with van der Waals surface area (Å²) in [4.78, 5) is 41.4. The predicted molar refractivity (Wildman–Crippen MR) is 142 cm³/mol. The van der Waals surface area contributed by atoms with E-state index in [1.165, 1.54) is 14.0 Å². The summed E-state index contributed by atoms with van der Waals surface area (Å²) in [5.41, 5.74) is 3.74. The fourth-order valence-electron chi connectivity index (χ4n) is 6.87. The summed E-state index contributed by atoms with van der Waals surface area (Å²) in [6, 6.07) is 2.16. The Balaban J connectivity index is 1.71. The van der Waals surface area contributed by atoms with Gasteiger partial charge < -0.3 is 29.6 Å². The largest absolute Gasteiger partial charge is 0.493 e. The van der Waals surface area contributed by atoms with E-state index in [4.69, 9.17) is 18.9 Å². The minimum Gasteiger partial charge on any atom is -0.493 e. The molecule has 1 aromatic carbocycles. The molecule has 11 heteroatoms. The van der Waals surface area contributed by atoms with Crippen LogP contribution in [-0.4, -0.2) is 81.2 Å². The first-order valence-corrected chi connectivity index (χ1v) is 13.2. The minimum absolute atomic E-state index is 0.000305. The molecule has 5 rings (SSSR count). The SMILES string of the molecule is COCOc1c(OC)c(C)cc2c1C1N[C@H](C2)C(C#N)N2C1CC1=C(C(=O)C(OC)=C(C)C1=O)[C@@H]2CNC(C)=O. The van der Waals surface area contributed by atoms with Crippen LogP contribution in [0.15, 0.2) is 28.5 Å². The lowest BCUT2D eigenvalue weighted by molar-refractivity contribution is -0.122. The van der Waals surface area contributed by atoms with Crippen molar-refractivity contribution in [2.45, 2.75) is 63.8 Å². The number of methoxy groups -OCH3 is 3. The molecule has 5 atom stereocenters. The molecule has 4 aliphatic rings. The Hall–Kier alpha value is -3.72. The van der Waals surface area contributed by atoms with Gasteiger partial charge in [0.1, 0.15) is 6.04 Å². The van der Waals surface area contributed by atoms with Crippen LogP contribution in [0, 0.1) is 18.3 Å². The molecule has 1 aromatic rings.